The zero-order valence-corrected chi connectivity index (χ0v) is 21.6. The molecule has 1 atom stereocenters. The molecule has 186 valence electrons. The van der Waals surface area contributed by atoms with Crippen molar-refractivity contribution in [1.29, 1.82) is 0 Å². The minimum atomic E-state index is -3.70. The average Bonchev–Trinajstić information content (AvgIpc) is 2.78. The third kappa shape index (κ3) is 7.58. The molecule has 0 saturated carbocycles. The van der Waals surface area contributed by atoms with Crippen LogP contribution in [0.5, 0.6) is 0 Å². The Morgan fingerprint density at radius 3 is 2.32 bits per heavy atom. The quantitative estimate of drug-likeness (QED) is 0.469. The van der Waals surface area contributed by atoms with Gasteiger partial charge in [0.15, 0.2) is 0 Å². The highest BCUT2D eigenvalue weighted by molar-refractivity contribution is 7.92. The summed E-state index contributed by atoms with van der Waals surface area (Å²) in [5, 5.41) is 3.10. The van der Waals surface area contributed by atoms with E-state index in [1.807, 2.05) is 0 Å². The minimum Gasteiger partial charge on any atom is -0.357 e. The Morgan fingerprint density at radius 2 is 1.76 bits per heavy atom. The molecule has 0 aliphatic rings. The fourth-order valence-electron chi connectivity index (χ4n) is 3.53. The molecule has 2 amide bonds. The van der Waals surface area contributed by atoms with Crippen LogP contribution in [0, 0.1) is 5.82 Å². The van der Waals surface area contributed by atoms with Gasteiger partial charge in [-0.2, -0.15) is 0 Å². The SMILES string of the molecule is CC[C@@H](C(=O)NC)N(Cc1ccc(F)cc1)C(=O)CCCN(c1cc(Cl)ccc1Cl)S(C)(=O)=O. The van der Waals surface area contributed by atoms with E-state index in [1.54, 1.807) is 25.1 Å². The van der Waals surface area contributed by atoms with Gasteiger partial charge in [-0.15, -0.1) is 0 Å². The fourth-order valence-corrected chi connectivity index (χ4v) is 4.94. The van der Waals surface area contributed by atoms with Gasteiger partial charge in [0.1, 0.15) is 11.9 Å². The van der Waals surface area contributed by atoms with Gasteiger partial charge in [-0.1, -0.05) is 42.3 Å². The topological polar surface area (TPSA) is 86.8 Å². The molecule has 7 nitrogen and oxygen atoms in total. The summed E-state index contributed by atoms with van der Waals surface area (Å²) in [6.45, 7) is 1.89. The molecule has 0 aliphatic carbocycles. The van der Waals surface area contributed by atoms with E-state index in [0.29, 0.717) is 17.0 Å². The van der Waals surface area contributed by atoms with Gasteiger partial charge >= 0.3 is 0 Å². The third-order valence-corrected chi connectivity index (χ3v) is 6.96. The molecule has 0 aliphatic heterocycles. The zero-order chi connectivity index (χ0) is 25.5. The van der Waals surface area contributed by atoms with E-state index in [4.69, 9.17) is 23.2 Å². The van der Waals surface area contributed by atoms with E-state index in [9.17, 15) is 22.4 Å². The Balaban J connectivity index is 2.21. The minimum absolute atomic E-state index is 0.00815. The van der Waals surface area contributed by atoms with Crippen LogP contribution in [-0.2, 0) is 26.2 Å². The maximum atomic E-state index is 13.3. The summed E-state index contributed by atoms with van der Waals surface area (Å²) in [5.74, 6) is -1.05. The molecule has 2 rings (SSSR count). The molecule has 0 bridgehead atoms. The van der Waals surface area contributed by atoms with Crippen molar-refractivity contribution in [3.05, 3.63) is 63.9 Å². The van der Waals surface area contributed by atoms with Crippen molar-refractivity contribution in [3.63, 3.8) is 0 Å². The average molecular weight is 532 g/mol. The number of nitrogens with zero attached hydrogens (tertiary/aromatic N) is 2. The van der Waals surface area contributed by atoms with Gasteiger partial charge in [-0.25, -0.2) is 12.8 Å². The van der Waals surface area contributed by atoms with Crippen LogP contribution in [-0.4, -0.2) is 51.0 Å². The largest absolute Gasteiger partial charge is 0.357 e. The first-order valence-corrected chi connectivity index (χ1v) is 13.3. The molecule has 0 radical (unpaired) electrons. The molecule has 0 heterocycles. The molecular formula is C23H28Cl2FN3O4S. The summed E-state index contributed by atoms with van der Waals surface area (Å²) in [7, 11) is -2.21. The number of sulfonamides is 1. The Kier molecular flexibility index (Phi) is 10.1. The Bertz CT molecular complexity index is 1110. The van der Waals surface area contributed by atoms with Gasteiger partial charge in [-0.3, -0.25) is 13.9 Å². The molecule has 2 aromatic carbocycles. The molecule has 0 spiro atoms. The molecule has 0 unspecified atom stereocenters. The van der Waals surface area contributed by atoms with Gasteiger partial charge in [0.05, 0.1) is 17.0 Å². The maximum Gasteiger partial charge on any atom is 0.242 e. The maximum absolute atomic E-state index is 13.3. The number of halogens is 3. The number of rotatable bonds is 11. The van der Waals surface area contributed by atoms with Crippen LogP contribution in [0.3, 0.4) is 0 Å². The van der Waals surface area contributed by atoms with Crippen molar-refractivity contribution in [3.8, 4) is 0 Å². The first kappa shape index (κ1) is 27.9. The number of hydrogen-bond donors (Lipinski definition) is 1. The number of benzene rings is 2. The lowest BCUT2D eigenvalue weighted by Crippen LogP contribution is -2.48. The van der Waals surface area contributed by atoms with Crippen molar-refractivity contribution >= 4 is 50.7 Å². The number of carbonyl (C=O) groups excluding carboxylic acids is 2. The van der Waals surface area contributed by atoms with E-state index < -0.39 is 21.9 Å². The number of likely N-dealkylation sites (N-methyl/N-ethyl adjacent to an activating group) is 1. The van der Waals surface area contributed by atoms with Crippen LogP contribution >= 0.6 is 23.2 Å². The molecule has 11 heteroatoms. The summed E-state index contributed by atoms with van der Waals surface area (Å²) >= 11 is 12.2. The number of hydrogen-bond acceptors (Lipinski definition) is 4. The van der Waals surface area contributed by atoms with Crippen LogP contribution in [0.2, 0.25) is 10.0 Å². The summed E-state index contributed by atoms with van der Waals surface area (Å²) in [5.41, 5.74) is 0.893. The van der Waals surface area contributed by atoms with Crippen molar-refractivity contribution in [2.24, 2.45) is 0 Å². The second-order valence-corrected chi connectivity index (χ2v) is 10.5. The van der Waals surface area contributed by atoms with Crippen molar-refractivity contribution in [2.45, 2.75) is 38.8 Å². The van der Waals surface area contributed by atoms with Gasteiger partial charge in [0, 0.05) is 31.6 Å². The summed E-state index contributed by atoms with van der Waals surface area (Å²) in [6.07, 6.45) is 1.59. The van der Waals surface area contributed by atoms with Gasteiger partial charge < -0.3 is 10.2 Å². The molecule has 2 aromatic rings. The Labute approximate surface area is 209 Å². The summed E-state index contributed by atoms with van der Waals surface area (Å²) in [6, 6.07) is 9.46. The molecule has 0 fully saturated rings. The van der Waals surface area contributed by atoms with E-state index in [0.717, 1.165) is 10.6 Å². The van der Waals surface area contributed by atoms with Crippen molar-refractivity contribution < 1.29 is 22.4 Å². The van der Waals surface area contributed by atoms with Gasteiger partial charge in [0.2, 0.25) is 21.8 Å². The Hall–Kier alpha value is -2.36. The summed E-state index contributed by atoms with van der Waals surface area (Å²) < 4.78 is 39.2. The van der Waals surface area contributed by atoms with E-state index in [-0.39, 0.29) is 48.5 Å². The second kappa shape index (κ2) is 12.4. The normalized spacial score (nSPS) is 12.2. The standard InChI is InChI=1S/C23H28Cl2FN3O4S/c1-4-20(23(31)27-2)28(15-16-7-10-18(26)11-8-16)22(30)6-5-13-29(34(3,32)33)21-14-17(24)9-12-19(21)25/h7-12,14,20H,4-6,13,15H2,1-3H3,(H,27,31)/t20-/m0/s1. The fraction of sp³-hybridized carbons (Fsp3) is 0.391. The van der Waals surface area contributed by atoms with Crippen LogP contribution < -0.4 is 9.62 Å². The lowest BCUT2D eigenvalue weighted by Gasteiger charge is -2.31. The van der Waals surface area contributed by atoms with E-state index in [1.165, 1.54) is 36.2 Å². The highest BCUT2D eigenvalue weighted by atomic mass is 35.5. The molecule has 34 heavy (non-hydrogen) atoms. The van der Waals surface area contributed by atoms with Gasteiger partial charge in [0.25, 0.3) is 0 Å². The highest BCUT2D eigenvalue weighted by Gasteiger charge is 2.28. The number of carbonyl (C=O) groups is 2. The van der Waals surface area contributed by atoms with Crippen LogP contribution in [0.1, 0.15) is 31.7 Å². The molecular weight excluding hydrogens is 504 g/mol. The lowest BCUT2D eigenvalue weighted by molar-refractivity contribution is -0.141. The Morgan fingerprint density at radius 1 is 1.12 bits per heavy atom. The first-order chi connectivity index (χ1) is 16.0. The van der Waals surface area contributed by atoms with E-state index >= 15 is 0 Å². The van der Waals surface area contributed by atoms with Crippen LogP contribution in [0.4, 0.5) is 10.1 Å². The predicted molar refractivity (Wildman–Crippen MR) is 133 cm³/mol. The number of amides is 2. The first-order valence-electron chi connectivity index (χ1n) is 10.7. The lowest BCUT2D eigenvalue weighted by atomic mass is 10.1. The smallest absolute Gasteiger partial charge is 0.242 e. The van der Waals surface area contributed by atoms with Crippen LogP contribution in [0.15, 0.2) is 42.5 Å². The van der Waals surface area contributed by atoms with Crippen molar-refractivity contribution in [2.75, 3.05) is 24.2 Å². The van der Waals surface area contributed by atoms with Crippen LogP contribution in [0.25, 0.3) is 0 Å². The predicted octanol–water partition coefficient (Wildman–Crippen LogP) is 4.23. The monoisotopic (exact) mass is 531 g/mol. The number of nitrogens with one attached hydrogen (secondary N) is 1. The highest BCUT2D eigenvalue weighted by Crippen LogP contribution is 2.31. The second-order valence-electron chi connectivity index (χ2n) is 7.72. The zero-order valence-electron chi connectivity index (χ0n) is 19.2. The summed E-state index contributed by atoms with van der Waals surface area (Å²) in [4.78, 5) is 27.0. The number of anilines is 1. The molecule has 0 aromatic heterocycles. The van der Waals surface area contributed by atoms with Crippen molar-refractivity contribution in [1.82, 2.24) is 10.2 Å². The third-order valence-electron chi connectivity index (χ3n) is 5.23. The van der Waals surface area contributed by atoms with Gasteiger partial charge in [-0.05, 0) is 48.7 Å². The molecule has 1 N–H and O–H groups in total. The van der Waals surface area contributed by atoms with E-state index in [2.05, 4.69) is 5.32 Å². The molecule has 0 saturated heterocycles.